The lowest BCUT2D eigenvalue weighted by atomic mass is 9.97. The summed E-state index contributed by atoms with van der Waals surface area (Å²) in [7, 11) is 0. The van der Waals surface area contributed by atoms with Gasteiger partial charge in [0.05, 0.1) is 5.92 Å². The van der Waals surface area contributed by atoms with Gasteiger partial charge in [0.15, 0.2) is 0 Å². The average Bonchev–Trinajstić information content (AvgIpc) is 2.77. The van der Waals surface area contributed by atoms with E-state index >= 15 is 0 Å². The molecular weight excluding hydrogens is 267 g/mol. The van der Waals surface area contributed by atoms with Crippen LogP contribution in [0, 0.1) is 5.92 Å². The monoisotopic (exact) mass is 279 g/mol. The number of carboxylic acids is 1. The molecule has 0 radical (unpaired) electrons. The number of halogens is 3. The Morgan fingerprint density at radius 2 is 2.22 bits per heavy atom. The van der Waals surface area contributed by atoms with Crippen LogP contribution in [0.5, 0.6) is 0 Å². The zero-order chi connectivity index (χ0) is 13.3. The first-order valence-electron chi connectivity index (χ1n) is 5.51. The van der Waals surface area contributed by atoms with Crippen LogP contribution < -0.4 is 4.90 Å². The van der Waals surface area contributed by atoms with Crippen molar-refractivity contribution in [2.24, 2.45) is 5.92 Å². The highest BCUT2D eigenvalue weighted by Gasteiger charge is 2.41. The number of thiophene rings is 1. The van der Waals surface area contributed by atoms with E-state index in [1.807, 2.05) is 0 Å². The number of alkyl halides is 3. The van der Waals surface area contributed by atoms with Crippen LogP contribution in [0.2, 0.25) is 0 Å². The van der Waals surface area contributed by atoms with E-state index in [2.05, 4.69) is 0 Å². The SMILES string of the molecule is O=C(O)c1cc(N2CCCC(C(F)(F)F)C2)cs1. The quantitative estimate of drug-likeness (QED) is 0.903. The lowest BCUT2D eigenvalue weighted by molar-refractivity contribution is -0.175. The molecule has 3 nitrogen and oxygen atoms in total. The molecule has 1 atom stereocenters. The van der Waals surface area contributed by atoms with Crippen LogP contribution in [-0.4, -0.2) is 30.3 Å². The summed E-state index contributed by atoms with van der Waals surface area (Å²) >= 11 is 1.04. The Morgan fingerprint density at radius 3 is 2.78 bits per heavy atom. The number of hydrogen-bond donors (Lipinski definition) is 1. The highest BCUT2D eigenvalue weighted by Crippen LogP contribution is 2.35. The van der Waals surface area contributed by atoms with Gasteiger partial charge in [-0.05, 0) is 18.9 Å². The lowest BCUT2D eigenvalue weighted by Crippen LogP contribution is -2.41. The summed E-state index contributed by atoms with van der Waals surface area (Å²) < 4.78 is 37.9. The first kappa shape index (κ1) is 13.2. The molecule has 18 heavy (non-hydrogen) atoms. The van der Waals surface area contributed by atoms with E-state index in [9.17, 15) is 18.0 Å². The molecule has 1 N–H and O–H groups in total. The van der Waals surface area contributed by atoms with E-state index in [0.29, 0.717) is 18.7 Å². The third kappa shape index (κ3) is 2.77. The molecule has 1 aliphatic heterocycles. The number of carbonyl (C=O) groups is 1. The van der Waals surface area contributed by atoms with Crippen molar-refractivity contribution in [2.75, 3.05) is 18.0 Å². The van der Waals surface area contributed by atoms with E-state index < -0.39 is 18.1 Å². The Morgan fingerprint density at radius 1 is 1.50 bits per heavy atom. The second-order valence-corrected chi connectivity index (χ2v) is 5.21. The summed E-state index contributed by atoms with van der Waals surface area (Å²) in [6.07, 6.45) is -3.55. The first-order chi connectivity index (χ1) is 8.38. The maximum Gasteiger partial charge on any atom is 0.393 e. The van der Waals surface area contributed by atoms with Crippen LogP contribution in [-0.2, 0) is 0 Å². The summed E-state index contributed by atoms with van der Waals surface area (Å²) in [5, 5.41) is 10.4. The molecule has 2 rings (SSSR count). The van der Waals surface area contributed by atoms with Crippen molar-refractivity contribution in [2.45, 2.75) is 19.0 Å². The number of carboxylic acid groups (broad SMARTS) is 1. The predicted molar refractivity (Wildman–Crippen MR) is 62.3 cm³/mol. The fourth-order valence-corrected chi connectivity index (χ4v) is 2.84. The topological polar surface area (TPSA) is 40.5 Å². The maximum atomic E-state index is 12.6. The zero-order valence-electron chi connectivity index (χ0n) is 9.41. The van der Waals surface area contributed by atoms with Gasteiger partial charge in [0.2, 0.25) is 0 Å². The van der Waals surface area contributed by atoms with Crippen molar-refractivity contribution in [3.8, 4) is 0 Å². The Labute approximate surface area is 106 Å². The van der Waals surface area contributed by atoms with Crippen molar-refractivity contribution in [3.63, 3.8) is 0 Å². The predicted octanol–water partition coefficient (Wildman–Crippen LogP) is 3.23. The molecule has 0 amide bonds. The summed E-state index contributed by atoms with van der Waals surface area (Å²) in [4.78, 5) is 12.5. The van der Waals surface area contributed by atoms with E-state index in [1.54, 1.807) is 10.3 Å². The van der Waals surface area contributed by atoms with Gasteiger partial charge in [0.1, 0.15) is 4.88 Å². The van der Waals surface area contributed by atoms with E-state index in [1.165, 1.54) is 6.07 Å². The minimum absolute atomic E-state index is 0.0840. The second-order valence-electron chi connectivity index (χ2n) is 4.30. The van der Waals surface area contributed by atoms with E-state index in [4.69, 9.17) is 5.11 Å². The smallest absolute Gasteiger partial charge is 0.393 e. The fraction of sp³-hybridized carbons (Fsp3) is 0.545. The first-order valence-corrected chi connectivity index (χ1v) is 6.39. The molecule has 1 aromatic heterocycles. The third-order valence-corrected chi connectivity index (χ3v) is 3.95. The molecule has 0 bridgehead atoms. The normalized spacial score (nSPS) is 21.1. The van der Waals surface area contributed by atoms with Crippen molar-refractivity contribution >= 4 is 23.0 Å². The minimum Gasteiger partial charge on any atom is -0.477 e. The molecule has 1 saturated heterocycles. The van der Waals surface area contributed by atoms with Gasteiger partial charge < -0.3 is 10.0 Å². The van der Waals surface area contributed by atoms with Gasteiger partial charge in [-0.3, -0.25) is 0 Å². The van der Waals surface area contributed by atoms with Gasteiger partial charge >= 0.3 is 12.1 Å². The average molecular weight is 279 g/mol. The van der Waals surface area contributed by atoms with Crippen LogP contribution >= 0.6 is 11.3 Å². The number of hydrogen-bond acceptors (Lipinski definition) is 3. The largest absolute Gasteiger partial charge is 0.477 e. The summed E-state index contributed by atoms with van der Waals surface area (Å²) in [6, 6.07) is 1.44. The molecule has 1 unspecified atom stereocenters. The lowest BCUT2D eigenvalue weighted by Gasteiger charge is -2.34. The molecule has 0 spiro atoms. The van der Waals surface area contributed by atoms with Gasteiger partial charge in [-0.15, -0.1) is 11.3 Å². The molecule has 1 aromatic rings. The highest BCUT2D eigenvalue weighted by atomic mass is 32.1. The molecule has 0 saturated carbocycles. The Kier molecular flexibility index (Phi) is 3.52. The molecule has 100 valence electrons. The van der Waals surface area contributed by atoms with Crippen LogP contribution in [0.4, 0.5) is 18.9 Å². The zero-order valence-corrected chi connectivity index (χ0v) is 10.2. The standard InChI is InChI=1S/C11H12F3NO2S/c12-11(13,14)7-2-1-3-15(5-7)8-4-9(10(16)17)18-6-8/h4,6-7H,1-3,5H2,(H,16,17). The van der Waals surface area contributed by atoms with E-state index in [-0.39, 0.29) is 17.8 Å². The number of rotatable bonds is 2. The summed E-state index contributed by atoms with van der Waals surface area (Å²) in [5.74, 6) is -2.37. The number of anilines is 1. The summed E-state index contributed by atoms with van der Waals surface area (Å²) in [5.41, 5.74) is 0.575. The molecule has 2 heterocycles. The minimum atomic E-state index is -4.18. The Bertz CT molecular complexity index is 444. The third-order valence-electron chi connectivity index (χ3n) is 3.05. The van der Waals surface area contributed by atoms with Gasteiger partial charge in [0, 0.05) is 24.2 Å². The Balaban J connectivity index is 2.10. The fourth-order valence-electron chi connectivity index (χ4n) is 2.08. The highest BCUT2D eigenvalue weighted by molar-refractivity contribution is 7.12. The van der Waals surface area contributed by atoms with Crippen LogP contribution in [0.25, 0.3) is 0 Å². The van der Waals surface area contributed by atoms with Crippen LogP contribution in [0.1, 0.15) is 22.5 Å². The number of aromatic carboxylic acids is 1. The number of nitrogens with zero attached hydrogens (tertiary/aromatic N) is 1. The van der Waals surface area contributed by atoms with Crippen LogP contribution in [0.3, 0.4) is 0 Å². The molecule has 7 heteroatoms. The summed E-state index contributed by atoms with van der Waals surface area (Å²) in [6.45, 7) is 0.460. The van der Waals surface area contributed by atoms with Gasteiger partial charge in [-0.1, -0.05) is 0 Å². The van der Waals surface area contributed by atoms with Crippen LogP contribution in [0.15, 0.2) is 11.4 Å². The Hall–Kier alpha value is -1.24. The maximum absolute atomic E-state index is 12.6. The van der Waals surface area contributed by atoms with Gasteiger partial charge in [-0.25, -0.2) is 4.79 Å². The van der Waals surface area contributed by atoms with Crippen molar-refractivity contribution < 1.29 is 23.1 Å². The molecule has 0 aromatic carbocycles. The molecular formula is C11H12F3NO2S. The van der Waals surface area contributed by atoms with Crippen molar-refractivity contribution in [1.29, 1.82) is 0 Å². The molecule has 1 aliphatic rings. The van der Waals surface area contributed by atoms with E-state index in [0.717, 1.165) is 11.3 Å². The number of piperidine rings is 1. The molecule has 0 aliphatic carbocycles. The second kappa shape index (κ2) is 4.79. The van der Waals surface area contributed by atoms with Gasteiger partial charge in [0.25, 0.3) is 0 Å². The van der Waals surface area contributed by atoms with Crippen molar-refractivity contribution in [1.82, 2.24) is 0 Å². The molecule has 1 fully saturated rings. The van der Waals surface area contributed by atoms with Gasteiger partial charge in [-0.2, -0.15) is 13.2 Å². The van der Waals surface area contributed by atoms with Crippen molar-refractivity contribution in [3.05, 3.63) is 16.3 Å².